The van der Waals surface area contributed by atoms with E-state index in [0.717, 1.165) is 16.9 Å². The van der Waals surface area contributed by atoms with Gasteiger partial charge in [-0.15, -0.1) is 0 Å². The van der Waals surface area contributed by atoms with Crippen LogP contribution in [0.25, 0.3) is 5.76 Å². The van der Waals surface area contributed by atoms with Crippen LogP contribution in [0.1, 0.15) is 31.0 Å². The van der Waals surface area contributed by atoms with E-state index in [-0.39, 0.29) is 11.3 Å². The van der Waals surface area contributed by atoms with E-state index >= 15 is 0 Å². The van der Waals surface area contributed by atoms with Gasteiger partial charge in [-0.1, -0.05) is 38.1 Å². The summed E-state index contributed by atoms with van der Waals surface area (Å²) in [5.74, 6) is -0.718. The first-order chi connectivity index (χ1) is 18.1. The molecule has 3 aromatic rings. The van der Waals surface area contributed by atoms with Crippen LogP contribution in [0.5, 0.6) is 5.75 Å². The molecule has 7 nitrogen and oxygen atoms in total. The van der Waals surface area contributed by atoms with Gasteiger partial charge in [0.05, 0.1) is 18.2 Å². The smallest absolute Gasteiger partial charge is 0.300 e. The van der Waals surface area contributed by atoms with Gasteiger partial charge < -0.3 is 19.6 Å². The van der Waals surface area contributed by atoms with Gasteiger partial charge in [0.15, 0.2) is 0 Å². The predicted molar refractivity (Wildman–Crippen MR) is 153 cm³/mol. The van der Waals surface area contributed by atoms with Crippen molar-refractivity contribution in [1.29, 1.82) is 0 Å². The minimum Gasteiger partial charge on any atom is -0.507 e. The minimum atomic E-state index is -0.795. The number of hydrogen-bond acceptors (Lipinski definition) is 6. The van der Waals surface area contributed by atoms with Crippen molar-refractivity contribution < 1.29 is 19.4 Å². The molecule has 7 heteroatoms. The van der Waals surface area contributed by atoms with Gasteiger partial charge in [-0.25, -0.2) is 0 Å². The number of rotatable bonds is 8. The first-order valence-electron chi connectivity index (χ1n) is 12.7. The van der Waals surface area contributed by atoms with Crippen LogP contribution in [0, 0.1) is 5.92 Å². The molecule has 0 aliphatic carbocycles. The van der Waals surface area contributed by atoms with Gasteiger partial charge in [-0.3, -0.25) is 14.5 Å². The number of amides is 1. The van der Waals surface area contributed by atoms with Crippen molar-refractivity contribution in [2.24, 2.45) is 5.92 Å². The molecule has 1 amide bonds. The standard InChI is InChI=1S/C31H35N3O4/c1-20(2)19-38-26-9-7-8-22(18-26)29(35)27-28(21-10-12-23(13-11-21)32(3)4)34(31(37)30(27)36)25-16-14-24(15-17-25)33(5)6/h7-18,20,28,35H,19H2,1-6H3/b29-27-. The molecule has 4 rings (SSSR count). The molecule has 1 aliphatic rings. The Balaban J connectivity index is 1.85. The lowest BCUT2D eigenvalue weighted by molar-refractivity contribution is -0.132. The first kappa shape index (κ1) is 26.8. The summed E-state index contributed by atoms with van der Waals surface area (Å²) in [5, 5.41) is 11.5. The fourth-order valence-electron chi connectivity index (χ4n) is 4.43. The summed E-state index contributed by atoms with van der Waals surface area (Å²) >= 11 is 0. The summed E-state index contributed by atoms with van der Waals surface area (Å²) < 4.78 is 5.83. The van der Waals surface area contributed by atoms with Crippen LogP contribution in [0.2, 0.25) is 0 Å². The molecular weight excluding hydrogens is 478 g/mol. The Morgan fingerprint density at radius 1 is 0.895 bits per heavy atom. The Morgan fingerprint density at radius 3 is 2.03 bits per heavy atom. The molecule has 1 fully saturated rings. The van der Waals surface area contributed by atoms with Crippen LogP contribution in [0.15, 0.2) is 78.4 Å². The number of aliphatic hydroxyl groups excluding tert-OH is 1. The molecule has 0 aromatic heterocycles. The number of carbonyl (C=O) groups excluding carboxylic acids is 2. The van der Waals surface area contributed by atoms with Gasteiger partial charge in [0.2, 0.25) is 0 Å². The molecule has 0 bridgehead atoms. The summed E-state index contributed by atoms with van der Waals surface area (Å²) in [6, 6.07) is 21.3. The van der Waals surface area contributed by atoms with Crippen molar-refractivity contribution in [2.45, 2.75) is 19.9 Å². The Hall–Kier alpha value is -4.26. The molecule has 0 radical (unpaired) electrons. The zero-order chi connectivity index (χ0) is 27.6. The van der Waals surface area contributed by atoms with Crippen molar-refractivity contribution in [3.05, 3.63) is 89.5 Å². The summed E-state index contributed by atoms with van der Waals surface area (Å²) in [4.78, 5) is 32.3. The zero-order valence-electron chi connectivity index (χ0n) is 22.8. The van der Waals surface area contributed by atoms with E-state index in [1.807, 2.05) is 92.6 Å². The third kappa shape index (κ3) is 5.37. The number of carbonyl (C=O) groups is 2. The van der Waals surface area contributed by atoms with E-state index in [1.165, 1.54) is 4.90 Å². The number of Topliss-reactive ketones (excluding diaryl/α,β-unsaturated/α-hetero) is 1. The monoisotopic (exact) mass is 513 g/mol. The van der Waals surface area contributed by atoms with E-state index in [4.69, 9.17) is 4.74 Å². The molecule has 1 heterocycles. The van der Waals surface area contributed by atoms with Crippen molar-refractivity contribution in [2.75, 3.05) is 49.5 Å². The Kier molecular flexibility index (Phi) is 7.76. The number of ketones is 1. The van der Waals surface area contributed by atoms with Crippen LogP contribution in [0.3, 0.4) is 0 Å². The van der Waals surface area contributed by atoms with Crippen LogP contribution in [-0.2, 0) is 9.59 Å². The maximum atomic E-state index is 13.5. The minimum absolute atomic E-state index is 0.0466. The number of benzene rings is 3. The number of anilines is 3. The summed E-state index contributed by atoms with van der Waals surface area (Å²) in [6.45, 7) is 4.63. The van der Waals surface area contributed by atoms with Crippen LogP contribution >= 0.6 is 0 Å². The van der Waals surface area contributed by atoms with Gasteiger partial charge in [0, 0.05) is 50.8 Å². The first-order valence-corrected chi connectivity index (χ1v) is 12.7. The van der Waals surface area contributed by atoms with Gasteiger partial charge in [-0.05, 0) is 60.0 Å². The number of hydrogen-bond donors (Lipinski definition) is 1. The Morgan fingerprint density at radius 2 is 1.47 bits per heavy atom. The second-order valence-corrected chi connectivity index (χ2v) is 10.3. The molecular formula is C31H35N3O4. The lowest BCUT2D eigenvalue weighted by Crippen LogP contribution is -2.29. The van der Waals surface area contributed by atoms with Crippen molar-refractivity contribution in [1.82, 2.24) is 0 Å². The second-order valence-electron chi connectivity index (χ2n) is 10.3. The summed E-state index contributed by atoms with van der Waals surface area (Å²) in [6.07, 6.45) is 0. The third-order valence-electron chi connectivity index (χ3n) is 6.50. The SMILES string of the molecule is CC(C)COc1cccc(/C(O)=C2/C(=O)C(=O)N(c3ccc(N(C)C)cc3)C2c2ccc(N(C)C)cc2)c1. The Bertz CT molecular complexity index is 1340. The van der Waals surface area contributed by atoms with Crippen molar-refractivity contribution >= 4 is 34.5 Å². The van der Waals surface area contributed by atoms with Crippen molar-refractivity contribution in [3.63, 3.8) is 0 Å². The van der Waals surface area contributed by atoms with E-state index in [9.17, 15) is 14.7 Å². The van der Waals surface area contributed by atoms with E-state index < -0.39 is 17.7 Å². The van der Waals surface area contributed by atoms with Gasteiger partial charge >= 0.3 is 0 Å². The highest BCUT2D eigenvalue weighted by atomic mass is 16.5. The molecule has 1 saturated heterocycles. The van der Waals surface area contributed by atoms with E-state index in [0.29, 0.717) is 29.5 Å². The molecule has 1 aliphatic heterocycles. The van der Waals surface area contributed by atoms with Gasteiger partial charge in [0.25, 0.3) is 11.7 Å². The normalized spacial score (nSPS) is 16.7. The predicted octanol–water partition coefficient (Wildman–Crippen LogP) is 5.48. The van der Waals surface area contributed by atoms with Crippen LogP contribution in [0.4, 0.5) is 17.1 Å². The van der Waals surface area contributed by atoms with Crippen molar-refractivity contribution in [3.8, 4) is 5.75 Å². The highest BCUT2D eigenvalue weighted by Gasteiger charge is 2.47. The number of ether oxygens (including phenoxy) is 1. The maximum absolute atomic E-state index is 13.5. The fourth-order valence-corrected chi connectivity index (χ4v) is 4.43. The third-order valence-corrected chi connectivity index (χ3v) is 6.50. The molecule has 1 N–H and O–H groups in total. The molecule has 198 valence electrons. The average molecular weight is 514 g/mol. The maximum Gasteiger partial charge on any atom is 0.300 e. The fraction of sp³-hybridized carbons (Fsp3) is 0.290. The zero-order valence-corrected chi connectivity index (χ0v) is 22.8. The molecule has 1 atom stereocenters. The summed E-state index contributed by atoms with van der Waals surface area (Å²) in [7, 11) is 7.77. The highest BCUT2D eigenvalue weighted by Crippen LogP contribution is 2.43. The summed E-state index contributed by atoms with van der Waals surface area (Å²) in [5.41, 5.74) is 3.71. The lowest BCUT2D eigenvalue weighted by Gasteiger charge is -2.26. The number of nitrogens with zero attached hydrogens (tertiary/aromatic N) is 3. The topological polar surface area (TPSA) is 73.3 Å². The quantitative estimate of drug-likeness (QED) is 0.244. The number of aliphatic hydroxyl groups is 1. The van der Waals surface area contributed by atoms with E-state index in [2.05, 4.69) is 13.8 Å². The Labute approximate surface area is 224 Å². The van der Waals surface area contributed by atoms with E-state index in [1.54, 1.807) is 18.2 Å². The van der Waals surface area contributed by atoms with Gasteiger partial charge in [-0.2, -0.15) is 0 Å². The largest absolute Gasteiger partial charge is 0.507 e. The molecule has 38 heavy (non-hydrogen) atoms. The molecule has 1 unspecified atom stereocenters. The molecule has 3 aromatic carbocycles. The van der Waals surface area contributed by atoms with Crippen LogP contribution in [-0.4, -0.2) is 51.6 Å². The average Bonchev–Trinajstić information content (AvgIpc) is 3.17. The second kappa shape index (κ2) is 11.0. The molecule has 0 saturated carbocycles. The van der Waals surface area contributed by atoms with Gasteiger partial charge in [0.1, 0.15) is 11.5 Å². The lowest BCUT2D eigenvalue weighted by atomic mass is 9.94. The van der Waals surface area contributed by atoms with Crippen LogP contribution < -0.4 is 19.4 Å². The highest BCUT2D eigenvalue weighted by molar-refractivity contribution is 6.51. The molecule has 0 spiro atoms.